The van der Waals surface area contributed by atoms with Crippen molar-refractivity contribution in [3.8, 4) is 0 Å². The molecule has 0 unspecified atom stereocenters. The highest BCUT2D eigenvalue weighted by atomic mass is 16.2. The highest BCUT2D eigenvalue weighted by Gasteiger charge is 2.42. The van der Waals surface area contributed by atoms with Crippen molar-refractivity contribution >= 4 is 17.8 Å². The standard InChI is InChI=1S/C16H20N4O3/c1-18-11-14(21)20-8-7-19(10-13(20)15(18)22)16(23)17-9-12-5-3-2-4-6-12/h2-6,13H,7-11H2,1H3,(H,17,23)/t13-/m1/s1. The van der Waals surface area contributed by atoms with Gasteiger partial charge in [0.25, 0.3) is 0 Å². The first-order valence-corrected chi connectivity index (χ1v) is 7.67. The number of piperazine rings is 2. The fourth-order valence-corrected chi connectivity index (χ4v) is 2.99. The van der Waals surface area contributed by atoms with Gasteiger partial charge in [-0.15, -0.1) is 0 Å². The number of hydrogen-bond donors (Lipinski definition) is 1. The lowest BCUT2D eigenvalue weighted by Crippen LogP contribution is -2.67. The molecule has 4 amide bonds. The largest absolute Gasteiger partial charge is 0.335 e. The van der Waals surface area contributed by atoms with Crippen LogP contribution in [0.5, 0.6) is 0 Å². The first kappa shape index (κ1) is 15.3. The second-order valence-corrected chi connectivity index (χ2v) is 5.89. The van der Waals surface area contributed by atoms with Crippen molar-refractivity contribution in [3.05, 3.63) is 35.9 Å². The molecule has 23 heavy (non-hydrogen) atoms. The predicted molar refractivity (Wildman–Crippen MR) is 83.4 cm³/mol. The SMILES string of the molecule is CN1CC(=O)N2CCN(C(=O)NCc3ccccc3)C[C@@H]2C1=O. The van der Waals surface area contributed by atoms with Crippen molar-refractivity contribution in [1.29, 1.82) is 0 Å². The van der Waals surface area contributed by atoms with Crippen LogP contribution in [0.4, 0.5) is 4.79 Å². The number of carbonyl (C=O) groups excluding carboxylic acids is 3. The van der Waals surface area contributed by atoms with Gasteiger partial charge in [-0.05, 0) is 5.56 Å². The van der Waals surface area contributed by atoms with E-state index in [0.29, 0.717) is 19.6 Å². The average Bonchev–Trinajstić information content (AvgIpc) is 2.58. The number of fused-ring (bicyclic) bond motifs is 1. The van der Waals surface area contributed by atoms with Crippen molar-refractivity contribution in [1.82, 2.24) is 20.0 Å². The second kappa shape index (κ2) is 6.28. The zero-order valence-electron chi connectivity index (χ0n) is 13.1. The molecule has 1 N–H and O–H groups in total. The fourth-order valence-electron chi connectivity index (χ4n) is 2.99. The summed E-state index contributed by atoms with van der Waals surface area (Å²) in [6.45, 7) is 1.66. The maximum Gasteiger partial charge on any atom is 0.317 e. The Morgan fingerprint density at radius 3 is 2.70 bits per heavy atom. The number of likely N-dealkylation sites (N-methyl/N-ethyl adjacent to an activating group) is 1. The molecule has 0 spiro atoms. The van der Waals surface area contributed by atoms with E-state index in [1.54, 1.807) is 16.8 Å². The summed E-state index contributed by atoms with van der Waals surface area (Å²) in [5, 5.41) is 2.86. The molecule has 1 atom stereocenters. The number of carbonyl (C=O) groups is 3. The highest BCUT2D eigenvalue weighted by molar-refractivity contribution is 5.95. The van der Waals surface area contributed by atoms with E-state index in [-0.39, 0.29) is 30.9 Å². The van der Waals surface area contributed by atoms with Crippen molar-refractivity contribution < 1.29 is 14.4 Å². The normalized spacial score (nSPS) is 21.3. The molecule has 2 aliphatic heterocycles. The summed E-state index contributed by atoms with van der Waals surface area (Å²) in [6, 6.07) is 8.88. The molecule has 7 nitrogen and oxygen atoms in total. The Labute approximate surface area is 134 Å². The van der Waals surface area contributed by atoms with Gasteiger partial charge >= 0.3 is 6.03 Å². The molecule has 1 aromatic rings. The molecule has 122 valence electrons. The third-order valence-electron chi connectivity index (χ3n) is 4.31. The lowest BCUT2D eigenvalue weighted by Gasteiger charge is -2.45. The molecule has 0 saturated carbocycles. The Hall–Kier alpha value is -2.57. The summed E-state index contributed by atoms with van der Waals surface area (Å²) in [4.78, 5) is 41.1. The van der Waals surface area contributed by atoms with E-state index in [0.717, 1.165) is 5.56 Å². The predicted octanol–water partition coefficient (Wildman–Crippen LogP) is -0.119. The van der Waals surface area contributed by atoms with Crippen LogP contribution in [0.15, 0.2) is 30.3 Å². The quantitative estimate of drug-likeness (QED) is 0.827. The minimum absolute atomic E-state index is 0.0542. The van der Waals surface area contributed by atoms with Crippen LogP contribution in [0, 0.1) is 0 Å². The Kier molecular flexibility index (Phi) is 4.18. The number of nitrogens with one attached hydrogen (secondary N) is 1. The van der Waals surface area contributed by atoms with E-state index in [2.05, 4.69) is 5.32 Å². The highest BCUT2D eigenvalue weighted by Crippen LogP contribution is 2.17. The Bertz CT molecular complexity index is 619. The number of rotatable bonds is 2. The van der Waals surface area contributed by atoms with E-state index in [4.69, 9.17) is 0 Å². The summed E-state index contributed by atoms with van der Waals surface area (Å²) < 4.78 is 0. The zero-order chi connectivity index (χ0) is 16.4. The maximum absolute atomic E-state index is 12.3. The third kappa shape index (κ3) is 3.13. The van der Waals surface area contributed by atoms with Crippen LogP contribution in [0.1, 0.15) is 5.56 Å². The van der Waals surface area contributed by atoms with Gasteiger partial charge in [0.1, 0.15) is 6.04 Å². The van der Waals surface area contributed by atoms with Gasteiger partial charge in [0.05, 0.1) is 13.1 Å². The molecule has 2 aliphatic rings. The fraction of sp³-hybridized carbons (Fsp3) is 0.438. The molecular weight excluding hydrogens is 296 g/mol. The van der Waals surface area contributed by atoms with Gasteiger partial charge in [0.2, 0.25) is 11.8 Å². The van der Waals surface area contributed by atoms with Crippen molar-refractivity contribution in [2.24, 2.45) is 0 Å². The van der Waals surface area contributed by atoms with Crippen LogP contribution in [0.2, 0.25) is 0 Å². The van der Waals surface area contributed by atoms with Gasteiger partial charge in [0.15, 0.2) is 0 Å². The summed E-state index contributed by atoms with van der Waals surface area (Å²) in [5.41, 5.74) is 1.02. The molecule has 2 saturated heterocycles. The third-order valence-corrected chi connectivity index (χ3v) is 4.31. The topological polar surface area (TPSA) is 73.0 Å². The molecule has 0 aliphatic carbocycles. The van der Waals surface area contributed by atoms with Crippen molar-refractivity contribution in [3.63, 3.8) is 0 Å². The number of hydrogen-bond acceptors (Lipinski definition) is 3. The minimum Gasteiger partial charge on any atom is -0.335 e. The molecular formula is C16H20N4O3. The van der Waals surface area contributed by atoms with Gasteiger partial charge in [-0.1, -0.05) is 30.3 Å². The Morgan fingerprint density at radius 2 is 1.96 bits per heavy atom. The van der Waals surface area contributed by atoms with Gasteiger partial charge in [0, 0.05) is 26.7 Å². The summed E-state index contributed by atoms with van der Waals surface area (Å²) in [6.07, 6.45) is 0. The summed E-state index contributed by atoms with van der Waals surface area (Å²) in [7, 11) is 1.62. The minimum atomic E-state index is -0.558. The molecule has 3 rings (SSSR count). The van der Waals surface area contributed by atoms with Crippen molar-refractivity contribution in [2.45, 2.75) is 12.6 Å². The van der Waals surface area contributed by atoms with E-state index in [1.807, 2.05) is 30.3 Å². The maximum atomic E-state index is 12.3. The molecule has 0 bridgehead atoms. The van der Waals surface area contributed by atoms with E-state index in [9.17, 15) is 14.4 Å². The number of amides is 4. The molecule has 1 aromatic carbocycles. The molecule has 2 fully saturated rings. The number of nitrogens with zero attached hydrogens (tertiary/aromatic N) is 3. The summed E-state index contributed by atoms with van der Waals surface area (Å²) in [5.74, 6) is -0.161. The first-order chi connectivity index (χ1) is 11.1. The molecule has 7 heteroatoms. The summed E-state index contributed by atoms with van der Waals surface area (Å²) >= 11 is 0. The Morgan fingerprint density at radius 1 is 1.22 bits per heavy atom. The van der Waals surface area contributed by atoms with Crippen LogP contribution >= 0.6 is 0 Å². The van der Waals surface area contributed by atoms with Gasteiger partial charge < -0.3 is 20.0 Å². The molecule has 0 aromatic heterocycles. The first-order valence-electron chi connectivity index (χ1n) is 7.67. The van der Waals surface area contributed by atoms with E-state index >= 15 is 0 Å². The van der Waals surface area contributed by atoms with Gasteiger partial charge in [-0.25, -0.2) is 4.79 Å². The average molecular weight is 316 g/mol. The van der Waals surface area contributed by atoms with Crippen LogP contribution in [0.3, 0.4) is 0 Å². The van der Waals surface area contributed by atoms with E-state index < -0.39 is 6.04 Å². The monoisotopic (exact) mass is 316 g/mol. The molecule has 0 radical (unpaired) electrons. The second-order valence-electron chi connectivity index (χ2n) is 5.89. The van der Waals surface area contributed by atoms with Gasteiger partial charge in [-0.3, -0.25) is 9.59 Å². The lowest BCUT2D eigenvalue weighted by atomic mass is 10.1. The number of benzene rings is 1. The Balaban J connectivity index is 1.60. The van der Waals surface area contributed by atoms with Crippen LogP contribution < -0.4 is 5.32 Å². The smallest absolute Gasteiger partial charge is 0.317 e. The van der Waals surface area contributed by atoms with Crippen LogP contribution in [-0.4, -0.2) is 71.8 Å². The molecule has 2 heterocycles. The zero-order valence-corrected chi connectivity index (χ0v) is 13.1. The lowest BCUT2D eigenvalue weighted by molar-refractivity contribution is -0.157. The van der Waals surface area contributed by atoms with Crippen LogP contribution in [0.25, 0.3) is 0 Å². The van der Waals surface area contributed by atoms with Crippen molar-refractivity contribution in [2.75, 3.05) is 33.2 Å². The van der Waals surface area contributed by atoms with Gasteiger partial charge in [-0.2, -0.15) is 0 Å². The number of urea groups is 1. The van der Waals surface area contributed by atoms with Crippen LogP contribution in [-0.2, 0) is 16.1 Å². The van der Waals surface area contributed by atoms with E-state index in [1.165, 1.54) is 4.90 Å².